The summed E-state index contributed by atoms with van der Waals surface area (Å²) in [6, 6.07) is 0. The van der Waals surface area contributed by atoms with Crippen LogP contribution in [0, 0.1) is 11.8 Å². The van der Waals surface area contributed by atoms with Crippen molar-refractivity contribution in [3.63, 3.8) is 0 Å². The van der Waals surface area contributed by atoms with Crippen LogP contribution in [-0.2, 0) is 0 Å². The molecule has 0 saturated carbocycles. The van der Waals surface area contributed by atoms with Crippen molar-refractivity contribution in [2.45, 2.75) is 39.4 Å². The lowest BCUT2D eigenvalue weighted by molar-refractivity contribution is 0.617. The lowest BCUT2D eigenvalue weighted by atomic mass is 10.1. The fraction of sp³-hybridized carbons (Fsp3) is 0.800. The zero-order valence-corrected chi connectivity index (χ0v) is 8.74. The summed E-state index contributed by atoms with van der Waals surface area (Å²) in [6.07, 6.45) is 3.70. The molecule has 64 valence electrons. The first-order valence-electron chi connectivity index (χ1n) is 4.48. The van der Waals surface area contributed by atoms with Crippen LogP contribution in [0.2, 0.25) is 0 Å². The Morgan fingerprint density at radius 3 is 2.27 bits per heavy atom. The third-order valence-corrected chi connectivity index (χ3v) is 4.10. The van der Waals surface area contributed by atoms with Crippen LogP contribution in [0.25, 0.3) is 0 Å². The van der Waals surface area contributed by atoms with Crippen LogP contribution in [0.3, 0.4) is 0 Å². The van der Waals surface area contributed by atoms with Gasteiger partial charge < -0.3 is 0 Å². The Morgan fingerprint density at radius 2 is 2.00 bits per heavy atom. The van der Waals surface area contributed by atoms with E-state index in [9.17, 15) is 0 Å². The van der Waals surface area contributed by atoms with Crippen molar-refractivity contribution in [2.75, 3.05) is 0 Å². The van der Waals surface area contributed by atoms with Crippen LogP contribution in [0.5, 0.6) is 0 Å². The van der Waals surface area contributed by atoms with Crippen molar-refractivity contribution in [2.24, 2.45) is 11.8 Å². The van der Waals surface area contributed by atoms with E-state index in [1.165, 1.54) is 6.42 Å². The molecule has 0 aromatic rings. The second kappa shape index (κ2) is 3.66. The van der Waals surface area contributed by atoms with Crippen LogP contribution in [0.1, 0.15) is 34.1 Å². The third kappa shape index (κ3) is 2.26. The quantitative estimate of drug-likeness (QED) is 0.609. The highest BCUT2D eigenvalue weighted by Gasteiger charge is 2.21. The molecule has 0 fully saturated rings. The third-order valence-electron chi connectivity index (χ3n) is 2.15. The van der Waals surface area contributed by atoms with Gasteiger partial charge in [0, 0.05) is 5.25 Å². The predicted octanol–water partition coefficient (Wildman–Crippen LogP) is 3.69. The lowest BCUT2D eigenvalue weighted by Gasteiger charge is -2.14. The zero-order chi connectivity index (χ0) is 8.43. The van der Waals surface area contributed by atoms with Gasteiger partial charge in [0.25, 0.3) is 0 Å². The fourth-order valence-electron chi connectivity index (χ4n) is 1.28. The molecule has 1 unspecified atom stereocenters. The number of hydrogen-bond acceptors (Lipinski definition) is 1. The van der Waals surface area contributed by atoms with Crippen molar-refractivity contribution >= 4 is 11.8 Å². The van der Waals surface area contributed by atoms with Crippen LogP contribution < -0.4 is 0 Å². The van der Waals surface area contributed by atoms with Crippen molar-refractivity contribution in [1.29, 1.82) is 0 Å². The van der Waals surface area contributed by atoms with Crippen molar-refractivity contribution in [3.05, 3.63) is 11.0 Å². The number of rotatable bonds is 2. The van der Waals surface area contributed by atoms with Crippen molar-refractivity contribution in [1.82, 2.24) is 0 Å². The Hall–Kier alpha value is 0.0900. The molecule has 1 aliphatic rings. The van der Waals surface area contributed by atoms with Gasteiger partial charge in [0.05, 0.1) is 0 Å². The van der Waals surface area contributed by atoms with E-state index < -0.39 is 0 Å². The predicted molar refractivity (Wildman–Crippen MR) is 53.8 cm³/mol. The minimum absolute atomic E-state index is 0.740. The molecular weight excluding hydrogens is 152 g/mol. The van der Waals surface area contributed by atoms with E-state index in [-0.39, 0.29) is 0 Å². The van der Waals surface area contributed by atoms with E-state index in [4.69, 9.17) is 0 Å². The molecule has 1 heteroatoms. The zero-order valence-electron chi connectivity index (χ0n) is 7.92. The highest BCUT2D eigenvalue weighted by Crippen LogP contribution is 2.39. The summed E-state index contributed by atoms with van der Waals surface area (Å²) in [5, 5.41) is 0.854. The number of thioether (sulfide) groups is 1. The van der Waals surface area contributed by atoms with E-state index in [1.54, 1.807) is 4.91 Å². The summed E-state index contributed by atoms with van der Waals surface area (Å²) in [7, 11) is 0. The standard InChI is InChI=1S/C10H18S/c1-7(2)9-5-6-10(11-9)8(3)4/h5,7-8,10H,6H2,1-4H3. The Kier molecular flexibility index (Phi) is 3.06. The molecule has 0 saturated heterocycles. The minimum atomic E-state index is 0.740. The number of allylic oxidation sites excluding steroid dienone is 2. The molecule has 1 atom stereocenters. The average molecular weight is 170 g/mol. The van der Waals surface area contributed by atoms with E-state index in [0.29, 0.717) is 0 Å². The summed E-state index contributed by atoms with van der Waals surface area (Å²) in [6.45, 7) is 9.19. The normalized spacial score (nSPS) is 24.9. The maximum Gasteiger partial charge on any atom is 0.0149 e. The minimum Gasteiger partial charge on any atom is -0.127 e. The monoisotopic (exact) mass is 170 g/mol. The second-order valence-electron chi connectivity index (χ2n) is 3.90. The SMILES string of the molecule is CC(C)C1=CCC(C(C)C)S1. The molecule has 0 radical (unpaired) electrons. The van der Waals surface area contributed by atoms with E-state index in [0.717, 1.165) is 17.1 Å². The lowest BCUT2D eigenvalue weighted by Crippen LogP contribution is -2.06. The van der Waals surface area contributed by atoms with Gasteiger partial charge in [-0.25, -0.2) is 0 Å². The van der Waals surface area contributed by atoms with E-state index in [2.05, 4.69) is 45.5 Å². The van der Waals surface area contributed by atoms with Gasteiger partial charge in [-0.1, -0.05) is 33.8 Å². The molecule has 0 amide bonds. The molecule has 0 nitrogen and oxygen atoms in total. The molecular formula is C10H18S. The molecule has 1 aliphatic heterocycles. The Balaban J connectivity index is 2.43. The highest BCUT2D eigenvalue weighted by molar-refractivity contribution is 8.03. The second-order valence-corrected chi connectivity index (χ2v) is 5.21. The first-order valence-corrected chi connectivity index (χ1v) is 5.36. The average Bonchev–Trinajstić information content (AvgIpc) is 2.33. The molecule has 0 N–H and O–H groups in total. The van der Waals surface area contributed by atoms with Gasteiger partial charge in [0.1, 0.15) is 0 Å². The first-order chi connectivity index (χ1) is 5.11. The van der Waals surface area contributed by atoms with E-state index in [1.807, 2.05) is 0 Å². The summed E-state index contributed by atoms with van der Waals surface area (Å²) in [5.74, 6) is 1.57. The van der Waals surface area contributed by atoms with Gasteiger partial charge in [-0.3, -0.25) is 0 Å². The molecule has 0 bridgehead atoms. The summed E-state index contributed by atoms with van der Waals surface area (Å²) in [5.41, 5.74) is 0. The molecule has 0 spiro atoms. The number of hydrogen-bond donors (Lipinski definition) is 0. The maximum absolute atomic E-state index is 2.42. The summed E-state index contributed by atoms with van der Waals surface area (Å²) >= 11 is 2.09. The van der Waals surface area contributed by atoms with E-state index >= 15 is 0 Å². The highest BCUT2D eigenvalue weighted by atomic mass is 32.2. The Bertz CT molecular complexity index is 156. The Labute approximate surface area is 74.5 Å². The first kappa shape index (κ1) is 9.18. The molecule has 1 heterocycles. The summed E-state index contributed by atoms with van der Waals surface area (Å²) in [4.78, 5) is 1.60. The summed E-state index contributed by atoms with van der Waals surface area (Å²) < 4.78 is 0. The van der Waals surface area contributed by atoms with Crippen molar-refractivity contribution in [3.8, 4) is 0 Å². The topological polar surface area (TPSA) is 0 Å². The van der Waals surface area contributed by atoms with Crippen LogP contribution >= 0.6 is 11.8 Å². The maximum atomic E-state index is 2.42. The van der Waals surface area contributed by atoms with Crippen LogP contribution in [0.15, 0.2) is 11.0 Å². The molecule has 0 aromatic carbocycles. The van der Waals surface area contributed by atoms with Crippen LogP contribution in [0.4, 0.5) is 0 Å². The van der Waals surface area contributed by atoms with Gasteiger partial charge in [0.15, 0.2) is 0 Å². The van der Waals surface area contributed by atoms with Gasteiger partial charge >= 0.3 is 0 Å². The van der Waals surface area contributed by atoms with Crippen molar-refractivity contribution < 1.29 is 0 Å². The molecule has 0 aromatic heterocycles. The van der Waals surface area contributed by atoms with Gasteiger partial charge in [-0.15, -0.1) is 11.8 Å². The largest absolute Gasteiger partial charge is 0.127 e. The Morgan fingerprint density at radius 1 is 1.36 bits per heavy atom. The fourth-order valence-corrected chi connectivity index (χ4v) is 2.56. The van der Waals surface area contributed by atoms with Gasteiger partial charge in [-0.05, 0) is 23.2 Å². The molecule has 0 aliphatic carbocycles. The van der Waals surface area contributed by atoms with Gasteiger partial charge in [-0.2, -0.15) is 0 Å². The van der Waals surface area contributed by atoms with Crippen LogP contribution in [-0.4, -0.2) is 5.25 Å². The smallest absolute Gasteiger partial charge is 0.0149 e. The molecule has 1 rings (SSSR count). The molecule has 11 heavy (non-hydrogen) atoms. The van der Waals surface area contributed by atoms with Gasteiger partial charge in [0.2, 0.25) is 0 Å².